The van der Waals surface area contributed by atoms with Crippen LogP contribution in [0.15, 0.2) is 30.3 Å². The lowest BCUT2D eigenvalue weighted by atomic mass is 10.2. The van der Waals surface area contributed by atoms with Gasteiger partial charge in [0.05, 0.1) is 6.54 Å². The summed E-state index contributed by atoms with van der Waals surface area (Å²) in [6.45, 7) is 7.91. The molecule has 1 saturated heterocycles. The molecule has 0 unspecified atom stereocenters. The van der Waals surface area contributed by atoms with Crippen molar-refractivity contribution in [1.82, 2.24) is 24.5 Å². The molecule has 4 rings (SSSR count). The summed E-state index contributed by atoms with van der Waals surface area (Å²) in [6.07, 6.45) is 0. The minimum atomic E-state index is -0.103. The third-order valence-corrected chi connectivity index (χ3v) is 5.69. The highest BCUT2D eigenvalue weighted by Crippen LogP contribution is 2.19. The molecule has 28 heavy (non-hydrogen) atoms. The van der Waals surface area contributed by atoms with Crippen LogP contribution in [0.5, 0.6) is 0 Å². The average Bonchev–Trinajstić information content (AvgIpc) is 3.15. The second-order valence-electron chi connectivity index (χ2n) is 7.22. The second-order valence-corrected chi connectivity index (χ2v) is 7.66. The molecule has 0 spiro atoms. The lowest BCUT2D eigenvalue weighted by Crippen LogP contribution is -2.48. The molecule has 2 aromatic rings. The predicted octanol–water partition coefficient (Wildman–Crippen LogP) is 1.97. The minimum absolute atomic E-state index is 0.0909. The van der Waals surface area contributed by atoms with Crippen LogP contribution in [-0.2, 0) is 13.1 Å². The molecule has 0 atom stereocenters. The average molecular weight is 402 g/mol. The standard InChI is InChI=1S/C20H24ClN5O2/c1-2-23-6-8-24(9-7-23)19(27)17-13-18-20(28)25(10-11-26(18)22-17)14-15-4-3-5-16(21)12-15/h3-5,12-13H,2,6-11,14H2,1H3. The summed E-state index contributed by atoms with van der Waals surface area (Å²) < 4.78 is 1.66. The Kier molecular flexibility index (Phi) is 5.37. The zero-order valence-corrected chi connectivity index (χ0v) is 16.7. The quantitative estimate of drug-likeness (QED) is 0.785. The molecular formula is C20H24ClN5O2. The fraction of sp³-hybridized carbons (Fsp3) is 0.450. The molecule has 1 aromatic heterocycles. The van der Waals surface area contributed by atoms with Crippen molar-refractivity contribution in [3.05, 3.63) is 52.3 Å². The topological polar surface area (TPSA) is 61.7 Å². The van der Waals surface area contributed by atoms with E-state index >= 15 is 0 Å². The van der Waals surface area contributed by atoms with Gasteiger partial charge in [-0.15, -0.1) is 0 Å². The van der Waals surface area contributed by atoms with Crippen LogP contribution in [0.1, 0.15) is 33.5 Å². The van der Waals surface area contributed by atoms with Crippen LogP contribution in [0.25, 0.3) is 0 Å². The van der Waals surface area contributed by atoms with Crippen molar-refractivity contribution < 1.29 is 9.59 Å². The Morgan fingerprint density at radius 3 is 2.61 bits per heavy atom. The summed E-state index contributed by atoms with van der Waals surface area (Å²) in [7, 11) is 0. The first kappa shape index (κ1) is 19.0. The summed E-state index contributed by atoms with van der Waals surface area (Å²) >= 11 is 6.05. The molecule has 7 nitrogen and oxygen atoms in total. The third-order valence-electron chi connectivity index (χ3n) is 5.46. The molecular weight excluding hydrogens is 378 g/mol. The number of rotatable bonds is 4. The number of carbonyl (C=O) groups is 2. The maximum absolute atomic E-state index is 12.9. The molecule has 2 aliphatic rings. The normalized spacial score (nSPS) is 17.7. The van der Waals surface area contributed by atoms with Crippen LogP contribution in [0.4, 0.5) is 0 Å². The van der Waals surface area contributed by atoms with Crippen LogP contribution in [0.3, 0.4) is 0 Å². The molecule has 0 radical (unpaired) electrons. The number of likely N-dealkylation sites (N-methyl/N-ethyl adjacent to an activating group) is 1. The van der Waals surface area contributed by atoms with E-state index in [0.717, 1.165) is 25.2 Å². The van der Waals surface area contributed by atoms with Crippen molar-refractivity contribution in [2.75, 3.05) is 39.3 Å². The van der Waals surface area contributed by atoms with E-state index in [1.165, 1.54) is 0 Å². The number of hydrogen-bond donors (Lipinski definition) is 0. The van der Waals surface area contributed by atoms with E-state index in [1.54, 1.807) is 15.6 Å². The maximum atomic E-state index is 12.9. The molecule has 3 heterocycles. The number of carbonyl (C=O) groups excluding carboxylic acids is 2. The number of benzene rings is 1. The van der Waals surface area contributed by atoms with Gasteiger partial charge in [0, 0.05) is 50.4 Å². The van der Waals surface area contributed by atoms with E-state index < -0.39 is 0 Å². The van der Waals surface area contributed by atoms with Crippen LogP contribution in [0.2, 0.25) is 5.02 Å². The Balaban J connectivity index is 1.46. The van der Waals surface area contributed by atoms with Crippen LogP contribution in [-0.4, -0.2) is 75.6 Å². The first-order chi connectivity index (χ1) is 13.5. The van der Waals surface area contributed by atoms with Gasteiger partial charge in [0.2, 0.25) is 0 Å². The molecule has 0 N–H and O–H groups in total. The minimum Gasteiger partial charge on any atom is -0.335 e. The van der Waals surface area contributed by atoms with Gasteiger partial charge in [0.1, 0.15) is 5.69 Å². The Morgan fingerprint density at radius 1 is 1.11 bits per heavy atom. The molecule has 2 amide bonds. The Labute approximate surface area is 169 Å². The number of fused-ring (bicyclic) bond motifs is 1. The lowest BCUT2D eigenvalue weighted by Gasteiger charge is -2.33. The summed E-state index contributed by atoms with van der Waals surface area (Å²) in [5.74, 6) is -0.194. The monoisotopic (exact) mass is 401 g/mol. The molecule has 1 fully saturated rings. The molecule has 1 aromatic carbocycles. The van der Waals surface area contributed by atoms with Crippen LogP contribution < -0.4 is 0 Å². The summed E-state index contributed by atoms with van der Waals surface area (Å²) in [5, 5.41) is 5.07. The van der Waals surface area contributed by atoms with E-state index in [1.807, 2.05) is 29.2 Å². The summed E-state index contributed by atoms with van der Waals surface area (Å²) in [5.41, 5.74) is 1.82. The van der Waals surface area contributed by atoms with Gasteiger partial charge in [-0.3, -0.25) is 14.3 Å². The van der Waals surface area contributed by atoms with E-state index in [9.17, 15) is 9.59 Å². The third kappa shape index (κ3) is 3.77. The number of aromatic nitrogens is 2. The van der Waals surface area contributed by atoms with Crippen molar-refractivity contribution in [3.63, 3.8) is 0 Å². The Morgan fingerprint density at radius 2 is 1.89 bits per heavy atom. The number of hydrogen-bond acceptors (Lipinski definition) is 4. The van der Waals surface area contributed by atoms with E-state index in [2.05, 4.69) is 16.9 Å². The second kappa shape index (κ2) is 7.93. The highest BCUT2D eigenvalue weighted by molar-refractivity contribution is 6.30. The summed E-state index contributed by atoms with van der Waals surface area (Å²) in [4.78, 5) is 31.6. The molecule has 0 aliphatic carbocycles. The van der Waals surface area contributed by atoms with Crippen molar-refractivity contribution >= 4 is 23.4 Å². The number of halogens is 1. The fourth-order valence-electron chi connectivity index (χ4n) is 3.78. The Bertz CT molecular complexity index is 888. The van der Waals surface area contributed by atoms with Crippen molar-refractivity contribution in [2.24, 2.45) is 0 Å². The van der Waals surface area contributed by atoms with E-state index in [0.29, 0.717) is 49.1 Å². The van der Waals surface area contributed by atoms with E-state index in [-0.39, 0.29) is 11.8 Å². The molecule has 0 saturated carbocycles. The number of piperazine rings is 1. The fourth-order valence-corrected chi connectivity index (χ4v) is 3.99. The number of amides is 2. The van der Waals surface area contributed by atoms with Gasteiger partial charge < -0.3 is 14.7 Å². The van der Waals surface area contributed by atoms with Gasteiger partial charge in [-0.05, 0) is 24.2 Å². The van der Waals surface area contributed by atoms with Crippen LogP contribution >= 0.6 is 11.6 Å². The van der Waals surface area contributed by atoms with Gasteiger partial charge >= 0.3 is 0 Å². The number of nitrogens with zero attached hydrogens (tertiary/aromatic N) is 5. The SMILES string of the molecule is CCN1CCN(C(=O)c2cc3n(n2)CCN(Cc2cccc(Cl)c2)C3=O)CC1. The maximum Gasteiger partial charge on any atom is 0.274 e. The van der Waals surface area contributed by atoms with Crippen molar-refractivity contribution in [3.8, 4) is 0 Å². The van der Waals surface area contributed by atoms with Gasteiger partial charge in [-0.25, -0.2) is 0 Å². The molecule has 8 heteroatoms. The highest BCUT2D eigenvalue weighted by atomic mass is 35.5. The molecule has 2 aliphatic heterocycles. The molecule has 0 bridgehead atoms. The van der Waals surface area contributed by atoms with Crippen molar-refractivity contribution in [2.45, 2.75) is 20.0 Å². The Hall–Kier alpha value is -2.38. The largest absolute Gasteiger partial charge is 0.335 e. The smallest absolute Gasteiger partial charge is 0.274 e. The zero-order chi connectivity index (χ0) is 19.7. The first-order valence-electron chi connectivity index (χ1n) is 9.68. The molecule has 148 valence electrons. The highest BCUT2D eigenvalue weighted by Gasteiger charge is 2.30. The van der Waals surface area contributed by atoms with Gasteiger partial charge in [0.25, 0.3) is 11.8 Å². The first-order valence-corrected chi connectivity index (χ1v) is 10.1. The van der Waals surface area contributed by atoms with Gasteiger partial charge in [-0.1, -0.05) is 30.7 Å². The van der Waals surface area contributed by atoms with Crippen molar-refractivity contribution in [1.29, 1.82) is 0 Å². The van der Waals surface area contributed by atoms with E-state index in [4.69, 9.17) is 11.6 Å². The van der Waals surface area contributed by atoms with Crippen LogP contribution in [0, 0.1) is 0 Å². The predicted molar refractivity (Wildman–Crippen MR) is 106 cm³/mol. The zero-order valence-electron chi connectivity index (χ0n) is 16.0. The van der Waals surface area contributed by atoms with Gasteiger partial charge in [-0.2, -0.15) is 5.10 Å². The summed E-state index contributed by atoms with van der Waals surface area (Å²) in [6, 6.07) is 9.16. The lowest BCUT2D eigenvalue weighted by molar-refractivity contribution is 0.0633. The van der Waals surface area contributed by atoms with Gasteiger partial charge in [0.15, 0.2) is 5.69 Å².